The number of fused-ring (bicyclic) bond motifs is 2. The number of amides is 2. The zero-order chi connectivity index (χ0) is 24.3. The number of rotatable bonds is 4. The molecule has 1 spiro atoms. The predicted octanol–water partition coefficient (Wildman–Crippen LogP) is 1.61. The van der Waals surface area contributed by atoms with E-state index in [4.69, 9.17) is 9.47 Å². The Labute approximate surface area is 198 Å². The lowest BCUT2D eigenvalue weighted by Crippen LogP contribution is -2.57. The molecule has 4 heterocycles. The van der Waals surface area contributed by atoms with Crippen molar-refractivity contribution in [1.29, 1.82) is 0 Å². The summed E-state index contributed by atoms with van der Waals surface area (Å²) >= 11 is 0. The Morgan fingerprint density at radius 1 is 1.06 bits per heavy atom. The van der Waals surface area contributed by atoms with Gasteiger partial charge in [0.2, 0.25) is 11.8 Å². The standard InChI is InChI=1S/C26H30N2O6/c1-16(2)27-13-7-12-26-19(20-24(32)33-14-8-11-25(20,3)34-26)22(30)28(21(26)23(27)31)18(15-29)17-9-5-4-6-10-17/h4-12,16,18-21,29H,13-15H2,1-3H3/t18-,19+,20+,21?,25-,26+/m1/s1. The quantitative estimate of drug-likeness (QED) is 0.535. The highest BCUT2D eigenvalue weighted by Gasteiger charge is 2.75. The molecule has 8 heteroatoms. The minimum absolute atomic E-state index is 0.106. The summed E-state index contributed by atoms with van der Waals surface area (Å²) in [6.45, 7) is 5.71. The van der Waals surface area contributed by atoms with E-state index in [9.17, 15) is 19.5 Å². The third-order valence-electron chi connectivity index (χ3n) is 7.60. The highest BCUT2D eigenvalue weighted by molar-refractivity contribution is 5.99. The van der Waals surface area contributed by atoms with E-state index in [2.05, 4.69) is 0 Å². The molecule has 1 aromatic carbocycles. The average molecular weight is 467 g/mol. The van der Waals surface area contributed by atoms with E-state index in [0.717, 1.165) is 0 Å². The fourth-order valence-electron chi connectivity index (χ4n) is 6.14. The van der Waals surface area contributed by atoms with Gasteiger partial charge in [0, 0.05) is 12.6 Å². The SMILES string of the molecule is CC(C)N1CC=C[C@]23O[C@]4(C)C=CCOC(=O)[C@@H]4[C@H]2C(=O)N([C@H](CO)c2ccccc2)C3C1=O. The van der Waals surface area contributed by atoms with Gasteiger partial charge < -0.3 is 24.4 Å². The van der Waals surface area contributed by atoms with Crippen LogP contribution in [0.1, 0.15) is 32.4 Å². The van der Waals surface area contributed by atoms with Crippen molar-refractivity contribution in [1.82, 2.24) is 9.80 Å². The Balaban J connectivity index is 1.71. The molecule has 2 fully saturated rings. The van der Waals surface area contributed by atoms with Crippen LogP contribution in [-0.2, 0) is 23.9 Å². The smallest absolute Gasteiger partial charge is 0.313 e. The topological polar surface area (TPSA) is 96.4 Å². The molecule has 0 saturated carbocycles. The molecular weight excluding hydrogens is 436 g/mol. The number of aliphatic hydroxyl groups is 1. The molecule has 8 nitrogen and oxygen atoms in total. The Hall–Kier alpha value is -2.97. The number of carbonyl (C=O) groups excluding carboxylic acids is 3. The lowest BCUT2D eigenvalue weighted by atomic mass is 9.75. The van der Waals surface area contributed by atoms with E-state index in [1.54, 1.807) is 30.1 Å². The van der Waals surface area contributed by atoms with Gasteiger partial charge in [0.1, 0.15) is 24.2 Å². The number of nitrogens with zero attached hydrogens (tertiary/aromatic N) is 2. The van der Waals surface area contributed by atoms with Crippen LogP contribution in [-0.4, -0.2) is 75.7 Å². The number of benzene rings is 1. The molecule has 0 aromatic heterocycles. The Morgan fingerprint density at radius 2 is 1.79 bits per heavy atom. The summed E-state index contributed by atoms with van der Waals surface area (Å²) in [5.41, 5.74) is -1.76. The third kappa shape index (κ3) is 3.08. The summed E-state index contributed by atoms with van der Waals surface area (Å²) in [5.74, 6) is -3.04. The zero-order valence-electron chi connectivity index (χ0n) is 19.6. The summed E-state index contributed by atoms with van der Waals surface area (Å²) in [6.07, 6.45) is 7.13. The van der Waals surface area contributed by atoms with Crippen LogP contribution >= 0.6 is 0 Å². The molecule has 6 atom stereocenters. The number of aliphatic hydroxyl groups excluding tert-OH is 1. The van der Waals surface area contributed by atoms with Gasteiger partial charge in [-0.3, -0.25) is 14.4 Å². The average Bonchev–Trinajstić information content (AvgIpc) is 3.06. The summed E-state index contributed by atoms with van der Waals surface area (Å²) in [5, 5.41) is 10.4. The van der Waals surface area contributed by atoms with Crippen LogP contribution in [0.15, 0.2) is 54.6 Å². The Bertz CT molecular complexity index is 1070. The van der Waals surface area contributed by atoms with E-state index in [0.29, 0.717) is 12.1 Å². The fraction of sp³-hybridized carbons (Fsp3) is 0.500. The van der Waals surface area contributed by atoms with Crippen LogP contribution in [0.3, 0.4) is 0 Å². The minimum atomic E-state index is -1.36. The minimum Gasteiger partial charge on any atom is -0.461 e. The van der Waals surface area contributed by atoms with Crippen molar-refractivity contribution in [3.63, 3.8) is 0 Å². The first-order valence-corrected chi connectivity index (χ1v) is 11.8. The highest BCUT2D eigenvalue weighted by Crippen LogP contribution is 2.58. The number of likely N-dealkylation sites (tertiary alicyclic amines) is 1. The van der Waals surface area contributed by atoms with Gasteiger partial charge in [-0.25, -0.2) is 0 Å². The predicted molar refractivity (Wildman–Crippen MR) is 122 cm³/mol. The van der Waals surface area contributed by atoms with Gasteiger partial charge in [-0.05, 0) is 32.4 Å². The maximum atomic E-state index is 14.2. The van der Waals surface area contributed by atoms with Crippen molar-refractivity contribution in [3.8, 4) is 0 Å². The van der Waals surface area contributed by atoms with Crippen molar-refractivity contribution in [2.24, 2.45) is 11.8 Å². The largest absolute Gasteiger partial charge is 0.461 e. The molecule has 1 unspecified atom stereocenters. The van der Waals surface area contributed by atoms with E-state index < -0.39 is 47.0 Å². The summed E-state index contributed by atoms with van der Waals surface area (Å²) in [7, 11) is 0. The normalized spacial score (nSPS) is 35.6. The molecule has 1 aromatic rings. The molecule has 180 valence electrons. The van der Waals surface area contributed by atoms with Gasteiger partial charge in [0.15, 0.2) is 0 Å². The van der Waals surface area contributed by atoms with Gasteiger partial charge in [-0.2, -0.15) is 0 Å². The van der Waals surface area contributed by atoms with Crippen LogP contribution < -0.4 is 0 Å². The van der Waals surface area contributed by atoms with Gasteiger partial charge in [-0.15, -0.1) is 0 Å². The molecule has 0 bridgehead atoms. The first kappa shape index (κ1) is 22.8. The van der Waals surface area contributed by atoms with Crippen LogP contribution in [0.2, 0.25) is 0 Å². The maximum absolute atomic E-state index is 14.2. The lowest BCUT2D eigenvalue weighted by Gasteiger charge is -2.40. The molecule has 0 aliphatic carbocycles. The maximum Gasteiger partial charge on any atom is 0.313 e. The molecule has 0 radical (unpaired) electrons. The molecule has 2 saturated heterocycles. The van der Waals surface area contributed by atoms with Gasteiger partial charge in [0.05, 0.1) is 24.2 Å². The Kier molecular flexibility index (Phi) is 5.41. The van der Waals surface area contributed by atoms with Crippen molar-refractivity contribution in [2.75, 3.05) is 19.8 Å². The van der Waals surface area contributed by atoms with Crippen molar-refractivity contribution < 1.29 is 29.0 Å². The lowest BCUT2D eigenvalue weighted by molar-refractivity contribution is -0.160. The van der Waals surface area contributed by atoms with Gasteiger partial charge in [0.25, 0.3) is 0 Å². The first-order chi connectivity index (χ1) is 16.2. The van der Waals surface area contributed by atoms with Gasteiger partial charge in [-0.1, -0.05) is 48.6 Å². The monoisotopic (exact) mass is 466 g/mol. The second-order valence-corrected chi connectivity index (χ2v) is 9.87. The van der Waals surface area contributed by atoms with Crippen LogP contribution in [0, 0.1) is 11.8 Å². The summed E-state index contributed by atoms with van der Waals surface area (Å²) in [6, 6.07) is 7.23. The molecule has 2 amide bonds. The highest BCUT2D eigenvalue weighted by atomic mass is 16.6. The third-order valence-corrected chi connectivity index (χ3v) is 7.60. The summed E-state index contributed by atoms with van der Waals surface area (Å²) < 4.78 is 12.1. The van der Waals surface area contributed by atoms with Crippen molar-refractivity contribution in [3.05, 3.63) is 60.2 Å². The number of esters is 1. The van der Waals surface area contributed by atoms with Crippen molar-refractivity contribution >= 4 is 17.8 Å². The molecule has 34 heavy (non-hydrogen) atoms. The summed E-state index contributed by atoms with van der Waals surface area (Å²) in [4.78, 5) is 44.6. The van der Waals surface area contributed by atoms with Crippen LogP contribution in [0.25, 0.3) is 0 Å². The first-order valence-electron chi connectivity index (χ1n) is 11.8. The van der Waals surface area contributed by atoms with E-state index in [1.807, 2.05) is 50.3 Å². The second kappa shape index (κ2) is 8.06. The number of carbonyl (C=O) groups is 3. The molecule has 4 aliphatic heterocycles. The van der Waals surface area contributed by atoms with Gasteiger partial charge >= 0.3 is 5.97 Å². The van der Waals surface area contributed by atoms with Crippen LogP contribution in [0.5, 0.6) is 0 Å². The number of cyclic esters (lactones) is 1. The molecule has 1 N–H and O–H groups in total. The van der Waals surface area contributed by atoms with Crippen LogP contribution in [0.4, 0.5) is 0 Å². The van der Waals surface area contributed by atoms with E-state index in [-0.39, 0.29) is 25.2 Å². The van der Waals surface area contributed by atoms with E-state index >= 15 is 0 Å². The molecule has 4 aliphatic rings. The van der Waals surface area contributed by atoms with E-state index in [1.165, 1.54) is 4.90 Å². The number of ether oxygens (including phenoxy) is 2. The number of hydrogen-bond donors (Lipinski definition) is 1. The number of hydrogen-bond acceptors (Lipinski definition) is 6. The molecular formula is C26H30N2O6. The fourth-order valence-corrected chi connectivity index (χ4v) is 6.14. The second-order valence-electron chi connectivity index (χ2n) is 9.87. The van der Waals surface area contributed by atoms with Crippen molar-refractivity contribution in [2.45, 2.75) is 50.1 Å². The zero-order valence-corrected chi connectivity index (χ0v) is 19.6. The molecule has 5 rings (SSSR count). The Morgan fingerprint density at radius 3 is 2.47 bits per heavy atom.